The van der Waals surface area contributed by atoms with E-state index in [1.165, 1.54) is 0 Å². The van der Waals surface area contributed by atoms with Gasteiger partial charge in [0.1, 0.15) is 12.4 Å². The van der Waals surface area contributed by atoms with Gasteiger partial charge in [0.05, 0.1) is 13.1 Å². The van der Waals surface area contributed by atoms with Gasteiger partial charge in [-0.3, -0.25) is 4.79 Å². The molecule has 1 aromatic heterocycles. The van der Waals surface area contributed by atoms with E-state index in [0.717, 1.165) is 17.0 Å². The number of hydrogen-bond donors (Lipinski definition) is 1. The highest BCUT2D eigenvalue weighted by Crippen LogP contribution is 2.12. The molecule has 21 heavy (non-hydrogen) atoms. The standard InChI is InChI=1S/C17H18N2O2/c1-14-5-2-9-17(20)19(14)11-12-21-16-8-3-6-15(13-16)7-4-10-18/h2-3,5-6,8-9,13H,10-12,18H2,1H3. The smallest absolute Gasteiger partial charge is 0.250 e. The lowest BCUT2D eigenvalue weighted by atomic mass is 10.2. The zero-order chi connectivity index (χ0) is 15.1. The quantitative estimate of drug-likeness (QED) is 0.866. The minimum atomic E-state index is -0.0128. The van der Waals surface area contributed by atoms with Crippen molar-refractivity contribution in [1.29, 1.82) is 0 Å². The first-order valence-electron chi connectivity index (χ1n) is 6.79. The zero-order valence-electron chi connectivity index (χ0n) is 12.0. The average molecular weight is 282 g/mol. The van der Waals surface area contributed by atoms with Gasteiger partial charge < -0.3 is 15.0 Å². The van der Waals surface area contributed by atoms with E-state index in [-0.39, 0.29) is 5.56 Å². The van der Waals surface area contributed by atoms with Crippen molar-refractivity contribution in [3.8, 4) is 17.6 Å². The predicted octanol–water partition coefficient (Wildman–Crippen LogP) is 1.55. The summed E-state index contributed by atoms with van der Waals surface area (Å²) in [6.07, 6.45) is 0. The lowest BCUT2D eigenvalue weighted by molar-refractivity contribution is 0.295. The van der Waals surface area contributed by atoms with Gasteiger partial charge >= 0.3 is 0 Å². The Kier molecular flexibility index (Phi) is 5.19. The van der Waals surface area contributed by atoms with E-state index in [2.05, 4.69) is 11.8 Å². The molecule has 0 bridgehead atoms. The predicted molar refractivity (Wildman–Crippen MR) is 83.3 cm³/mol. The van der Waals surface area contributed by atoms with Crippen molar-refractivity contribution >= 4 is 0 Å². The Hall–Kier alpha value is -2.51. The zero-order valence-corrected chi connectivity index (χ0v) is 12.0. The largest absolute Gasteiger partial charge is 0.492 e. The molecule has 0 saturated carbocycles. The number of pyridine rings is 1. The monoisotopic (exact) mass is 282 g/mol. The van der Waals surface area contributed by atoms with Crippen LogP contribution < -0.4 is 16.0 Å². The number of aryl methyl sites for hydroxylation is 1. The number of ether oxygens (including phenoxy) is 1. The van der Waals surface area contributed by atoms with Crippen LogP contribution in [-0.4, -0.2) is 17.7 Å². The van der Waals surface area contributed by atoms with E-state index >= 15 is 0 Å². The summed E-state index contributed by atoms with van der Waals surface area (Å²) in [6, 6.07) is 12.7. The summed E-state index contributed by atoms with van der Waals surface area (Å²) in [4.78, 5) is 11.7. The fraction of sp³-hybridized carbons (Fsp3) is 0.235. The number of rotatable bonds is 4. The van der Waals surface area contributed by atoms with Crippen molar-refractivity contribution in [2.75, 3.05) is 13.2 Å². The molecule has 1 aromatic carbocycles. The Balaban J connectivity index is 1.99. The minimum absolute atomic E-state index is 0.0128. The molecule has 4 nitrogen and oxygen atoms in total. The molecule has 2 N–H and O–H groups in total. The van der Waals surface area contributed by atoms with Crippen molar-refractivity contribution in [2.45, 2.75) is 13.5 Å². The van der Waals surface area contributed by atoms with Crippen LogP contribution in [0.3, 0.4) is 0 Å². The third-order valence-corrected chi connectivity index (χ3v) is 3.02. The Labute approximate surface area is 124 Å². The molecule has 108 valence electrons. The number of hydrogen-bond acceptors (Lipinski definition) is 3. The van der Waals surface area contributed by atoms with E-state index in [9.17, 15) is 4.79 Å². The normalized spacial score (nSPS) is 9.81. The second-order valence-corrected chi connectivity index (χ2v) is 4.54. The molecule has 0 aliphatic carbocycles. The number of nitrogens with two attached hydrogens (primary N) is 1. The summed E-state index contributed by atoms with van der Waals surface area (Å²) < 4.78 is 7.37. The molecule has 0 fully saturated rings. The molecule has 0 unspecified atom stereocenters. The Bertz CT molecular complexity index is 723. The minimum Gasteiger partial charge on any atom is -0.492 e. The van der Waals surface area contributed by atoms with Crippen LogP contribution in [0.2, 0.25) is 0 Å². The van der Waals surface area contributed by atoms with E-state index in [1.807, 2.05) is 37.3 Å². The summed E-state index contributed by atoms with van der Waals surface area (Å²) in [5.41, 5.74) is 7.13. The van der Waals surface area contributed by atoms with Gasteiger partial charge in [-0.25, -0.2) is 0 Å². The molecule has 0 radical (unpaired) electrons. The molecule has 0 aliphatic heterocycles. The Morgan fingerprint density at radius 1 is 1.24 bits per heavy atom. The maximum Gasteiger partial charge on any atom is 0.250 e. The maximum atomic E-state index is 11.7. The van der Waals surface area contributed by atoms with Crippen LogP contribution in [0.25, 0.3) is 0 Å². The molecule has 0 spiro atoms. The van der Waals surface area contributed by atoms with Crippen molar-refractivity contribution in [2.24, 2.45) is 5.73 Å². The number of benzene rings is 1. The van der Waals surface area contributed by atoms with Crippen LogP contribution in [0.5, 0.6) is 5.75 Å². The van der Waals surface area contributed by atoms with E-state index in [0.29, 0.717) is 19.7 Å². The molecular weight excluding hydrogens is 264 g/mol. The molecule has 2 rings (SSSR count). The highest BCUT2D eigenvalue weighted by atomic mass is 16.5. The van der Waals surface area contributed by atoms with Gasteiger partial charge in [-0.15, -0.1) is 0 Å². The van der Waals surface area contributed by atoms with Crippen molar-refractivity contribution in [3.63, 3.8) is 0 Å². The molecule has 0 saturated heterocycles. The molecule has 4 heteroatoms. The summed E-state index contributed by atoms with van der Waals surface area (Å²) >= 11 is 0. The lowest BCUT2D eigenvalue weighted by Crippen LogP contribution is -2.23. The fourth-order valence-corrected chi connectivity index (χ4v) is 1.98. The van der Waals surface area contributed by atoms with Gasteiger partial charge in [0, 0.05) is 17.3 Å². The second-order valence-electron chi connectivity index (χ2n) is 4.54. The first-order chi connectivity index (χ1) is 10.2. The molecular formula is C17H18N2O2. The SMILES string of the molecule is Cc1cccc(=O)n1CCOc1cccc(C#CCN)c1. The topological polar surface area (TPSA) is 57.2 Å². The van der Waals surface area contributed by atoms with Gasteiger partial charge in [0.15, 0.2) is 0 Å². The van der Waals surface area contributed by atoms with Crippen LogP contribution in [0, 0.1) is 18.8 Å². The van der Waals surface area contributed by atoms with Crippen molar-refractivity contribution in [3.05, 3.63) is 64.1 Å². The highest BCUT2D eigenvalue weighted by molar-refractivity contribution is 5.39. The van der Waals surface area contributed by atoms with Crippen LogP contribution in [-0.2, 0) is 6.54 Å². The van der Waals surface area contributed by atoms with Crippen LogP contribution in [0.4, 0.5) is 0 Å². The van der Waals surface area contributed by atoms with Crippen molar-refractivity contribution in [1.82, 2.24) is 4.57 Å². The molecule has 2 aromatic rings. The third kappa shape index (κ3) is 4.23. The Morgan fingerprint density at radius 2 is 2.05 bits per heavy atom. The van der Waals surface area contributed by atoms with E-state index < -0.39 is 0 Å². The number of nitrogens with zero attached hydrogens (tertiary/aromatic N) is 1. The van der Waals surface area contributed by atoms with Gasteiger partial charge in [0.2, 0.25) is 0 Å². The van der Waals surface area contributed by atoms with Crippen LogP contribution in [0.15, 0.2) is 47.3 Å². The second kappa shape index (κ2) is 7.32. The summed E-state index contributed by atoms with van der Waals surface area (Å²) in [7, 11) is 0. The van der Waals surface area contributed by atoms with E-state index in [1.54, 1.807) is 16.7 Å². The number of aromatic nitrogens is 1. The Morgan fingerprint density at radius 3 is 2.81 bits per heavy atom. The van der Waals surface area contributed by atoms with Crippen molar-refractivity contribution < 1.29 is 4.74 Å². The van der Waals surface area contributed by atoms with Gasteiger partial charge in [-0.2, -0.15) is 0 Å². The first-order valence-corrected chi connectivity index (χ1v) is 6.79. The summed E-state index contributed by atoms with van der Waals surface area (Å²) in [5, 5.41) is 0. The molecule has 0 amide bonds. The first kappa shape index (κ1) is 14.9. The van der Waals surface area contributed by atoms with E-state index in [4.69, 9.17) is 10.5 Å². The average Bonchev–Trinajstić information content (AvgIpc) is 2.49. The molecule has 0 atom stereocenters. The highest BCUT2D eigenvalue weighted by Gasteiger charge is 2.00. The van der Waals surface area contributed by atoms with Crippen LogP contribution >= 0.6 is 0 Å². The van der Waals surface area contributed by atoms with Gasteiger partial charge in [0.25, 0.3) is 5.56 Å². The van der Waals surface area contributed by atoms with Gasteiger partial charge in [-0.1, -0.05) is 24.0 Å². The van der Waals surface area contributed by atoms with Crippen LogP contribution in [0.1, 0.15) is 11.3 Å². The molecule has 1 heterocycles. The maximum absolute atomic E-state index is 11.7. The lowest BCUT2D eigenvalue weighted by Gasteiger charge is -2.10. The molecule has 0 aliphatic rings. The fourth-order valence-electron chi connectivity index (χ4n) is 1.98. The van der Waals surface area contributed by atoms with Gasteiger partial charge in [-0.05, 0) is 31.2 Å². The summed E-state index contributed by atoms with van der Waals surface area (Å²) in [5.74, 6) is 6.50. The third-order valence-electron chi connectivity index (χ3n) is 3.02. The summed E-state index contributed by atoms with van der Waals surface area (Å²) in [6.45, 7) is 3.19.